The molecule has 0 aromatic rings. The van der Waals surface area contributed by atoms with Gasteiger partial charge in [0.2, 0.25) is 0 Å². The van der Waals surface area contributed by atoms with Crippen molar-refractivity contribution in [3.05, 3.63) is 0 Å². The standard InChI is InChI=1S/C6H18O24P6/c7-1-2(25-31(8,9)10)4(27-33(14,15)16)6(28-34(17,18)19)5(3(1)26-32(11,12)13)29-36(23,24)30-35(20,21)22/h1-7H,(H,23,24)(H2,8,9,10)(H2,11,12,13)(H2,14,15,16)(H2,17,18,19)(H2,20,21,22)/t1-,2-,3+,4+,5-,6+/m0/s1. The molecule has 30 heteroatoms. The Labute approximate surface area is 197 Å². The predicted octanol–water partition coefficient (Wildman–Crippen LogP) is -3.13. The Bertz CT molecular complexity index is 1050. The summed E-state index contributed by atoms with van der Waals surface area (Å²) in [6.45, 7) is 0. The summed E-state index contributed by atoms with van der Waals surface area (Å²) in [5.74, 6) is 0. The van der Waals surface area contributed by atoms with Gasteiger partial charge in [0.25, 0.3) is 0 Å². The maximum atomic E-state index is 12.0. The molecule has 1 saturated carbocycles. The van der Waals surface area contributed by atoms with Gasteiger partial charge in [-0.15, -0.1) is 0 Å². The highest BCUT2D eigenvalue weighted by Gasteiger charge is 2.61. The number of hydrogen-bond donors (Lipinski definition) is 12. The first-order chi connectivity index (χ1) is 15.6. The summed E-state index contributed by atoms with van der Waals surface area (Å²) < 4.78 is 92.2. The van der Waals surface area contributed by atoms with Crippen LogP contribution in [0.5, 0.6) is 0 Å². The molecule has 36 heavy (non-hydrogen) atoms. The van der Waals surface area contributed by atoms with E-state index in [9.17, 15) is 37.4 Å². The molecule has 216 valence electrons. The smallest absolute Gasteiger partial charge is 0.387 e. The van der Waals surface area contributed by atoms with Crippen LogP contribution in [0.15, 0.2) is 0 Å². The van der Waals surface area contributed by atoms with Gasteiger partial charge < -0.3 is 58.9 Å². The van der Waals surface area contributed by atoms with E-state index in [2.05, 4.69) is 26.9 Å². The van der Waals surface area contributed by atoms with Gasteiger partial charge in [0.1, 0.15) is 36.6 Å². The van der Waals surface area contributed by atoms with E-state index in [1.807, 2.05) is 0 Å². The van der Waals surface area contributed by atoms with Gasteiger partial charge in [-0.2, -0.15) is 4.31 Å². The molecule has 0 spiro atoms. The van der Waals surface area contributed by atoms with Crippen LogP contribution in [0.25, 0.3) is 0 Å². The van der Waals surface area contributed by atoms with Crippen LogP contribution in [0.4, 0.5) is 0 Å². The fourth-order valence-corrected chi connectivity index (χ4v) is 6.70. The minimum absolute atomic E-state index is 2.98. The lowest BCUT2D eigenvalue weighted by molar-refractivity contribution is -0.205. The molecule has 0 saturated heterocycles. The highest BCUT2D eigenvalue weighted by molar-refractivity contribution is 7.60. The van der Waals surface area contributed by atoms with E-state index < -0.39 is 83.6 Å². The summed E-state index contributed by atoms with van der Waals surface area (Å²) in [6.07, 6.45) is -18.4. The summed E-state index contributed by atoms with van der Waals surface area (Å²) in [5, 5.41) is 10.4. The van der Waals surface area contributed by atoms with Crippen LogP contribution in [0.1, 0.15) is 0 Å². The zero-order valence-corrected chi connectivity index (χ0v) is 21.8. The summed E-state index contributed by atoms with van der Waals surface area (Å²) in [6, 6.07) is 0. The van der Waals surface area contributed by atoms with Crippen LogP contribution in [-0.4, -0.2) is 95.6 Å². The number of hydrogen-bond acceptors (Lipinski definition) is 13. The SMILES string of the molecule is O=P(O)(O)O[C@H]1[C@@H](OP(=O)(O)OP(=O)(O)O)[C@H](OP(=O)(O)O)[C@@H](O)[C@H](OP(=O)(O)O)[C@H]1OP(=O)(O)O. The molecule has 1 aliphatic carbocycles. The zero-order valence-electron chi connectivity index (χ0n) is 16.4. The molecule has 0 aliphatic heterocycles. The van der Waals surface area contributed by atoms with Gasteiger partial charge in [0, 0.05) is 0 Å². The predicted molar refractivity (Wildman–Crippen MR) is 102 cm³/mol. The Kier molecular flexibility index (Phi) is 11.2. The highest BCUT2D eigenvalue weighted by Crippen LogP contribution is 2.61. The van der Waals surface area contributed by atoms with Crippen molar-refractivity contribution in [3.8, 4) is 0 Å². The molecule has 1 aliphatic rings. The van der Waals surface area contributed by atoms with Gasteiger partial charge in [0.15, 0.2) is 0 Å². The first-order valence-corrected chi connectivity index (χ1v) is 17.2. The van der Waals surface area contributed by atoms with E-state index in [1.165, 1.54) is 0 Å². The third-order valence-corrected chi connectivity index (χ3v) is 7.73. The van der Waals surface area contributed by atoms with Gasteiger partial charge in [-0.05, 0) is 0 Å². The molecule has 1 unspecified atom stereocenters. The van der Waals surface area contributed by atoms with Crippen molar-refractivity contribution >= 4 is 46.9 Å². The number of phosphoric ester groups is 5. The lowest BCUT2D eigenvalue weighted by atomic mass is 9.85. The van der Waals surface area contributed by atoms with Crippen molar-refractivity contribution in [2.24, 2.45) is 0 Å². The van der Waals surface area contributed by atoms with Crippen LogP contribution in [-0.2, 0) is 54.3 Å². The lowest BCUT2D eigenvalue weighted by Crippen LogP contribution is -2.66. The monoisotopic (exact) mass is 660 g/mol. The molecule has 0 heterocycles. The summed E-state index contributed by atoms with van der Waals surface area (Å²) in [7, 11) is -36.0. The lowest BCUT2D eigenvalue weighted by Gasteiger charge is -2.47. The van der Waals surface area contributed by atoms with E-state index >= 15 is 0 Å². The Morgan fingerprint density at radius 3 is 0.917 bits per heavy atom. The van der Waals surface area contributed by atoms with Crippen LogP contribution in [0.3, 0.4) is 0 Å². The number of phosphoric acid groups is 6. The molecule has 1 fully saturated rings. The Morgan fingerprint density at radius 1 is 0.389 bits per heavy atom. The van der Waals surface area contributed by atoms with Crippen LogP contribution >= 0.6 is 46.9 Å². The summed E-state index contributed by atoms with van der Waals surface area (Å²) in [4.78, 5) is 99.6. The zero-order chi connectivity index (χ0) is 28.7. The van der Waals surface area contributed by atoms with E-state index in [4.69, 9.17) is 48.9 Å². The molecule has 0 radical (unpaired) electrons. The molecular formula is C6H18O24P6. The van der Waals surface area contributed by atoms with Gasteiger partial charge in [-0.25, -0.2) is 27.4 Å². The Morgan fingerprint density at radius 2 is 0.639 bits per heavy atom. The van der Waals surface area contributed by atoms with Crippen molar-refractivity contribution in [2.75, 3.05) is 0 Å². The molecule has 7 atom stereocenters. The molecule has 0 aromatic carbocycles. The fourth-order valence-electron chi connectivity index (χ4n) is 2.68. The molecule has 0 aromatic heterocycles. The van der Waals surface area contributed by atoms with Crippen LogP contribution in [0, 0.1) is 0 Å². The minimum Gasteiger partial charge on any atom is -0.387 e. The van der Waals surface area contributed by atoms with Crippen molar-refractivity contribution in [2.45, 2.75) is 36.6 Å². The first kappa shape index (κ1) is 34.7. The molecule has 12 N–H and O–H groups in total. The van der Waals surface area contributed by atoms with Gasteiger partial charge in [-0.1, -0.05) is 0 Å². The fraction of sp³-hybridized carbons (Fsp3) is 1.00. The minimum atomic E-state index is -6.24. The number of aliphatic hydroxyl groups is 1. The topological polar surface area (TPSA) is 401 Å². The van der Waals surface area contributed by atoms with E-state index in [1.54, 1.807) is 0 Å². The summed E-state index contributed by atoms with van der Waals surface area (Å²) >= 11 is 0. The van der Waals surface area contributed by atoms with Crippen LogP contribution in [0.2, 0.25) is 0 Å². The average molecular weight is 660 g/mol. The van der Waals surface area contributed by atoms with Crippen molar-refractivity contribution < 1.29 is 113 Å². The highest BCUT2D eigenvalue weighted by atomic mass is 31.3. The van der Waals surface area contributed by atoms with Crippen LogP contribution < -0.4 is 0 Å². The van der Waals surface area contributed by atoms with Crippen molar-refractivity contribution in [1.82, 2.24) is 0 Å². The van der Waals surface area contributed by atoms with Gasteiger partial charge in [0.05, 0.1) is 0 Å². The van der Waals surface area contributed by atoms with Gasteiger partial charge in [-0.3, -0.25) is 22.6 Å². The second kappa shape index (κ2) is 11.6. The van der Waals surface area contributed by atoms with E-state index in [0.717, 1.165) is 0 Å². The van der Waals surface area contributed by atoms with E-state index in [0.29, 0.717) is 0 Å². The maximum Gasteiger partial charge on any atom is 0.481 e. The van der Waals surface area contributed by atoms with Gasteiger partial charge >= 0.3 is 46.9 Å². The molecule has 24 nitrogen and oxygen atoms in total. The second-order valence-electron chi connectivity index (χ2n) is 6.34. The van der Waals surface area contributed by atoms with Crippen molar-refractivity contribution in [1.29, 1.82) is 0 Å². The third kappa shape index (κ3) is 12.7. The first-order valence-electron chi connectivity index (χ1n) is 8.01. The van der Waals surface area contributed by atoms with E-state index in [-0.39, 0.29) is 0 Å². The number of aliphatic hydroxyl groups excluding tert-OH is 1. The molecule has 0 amide bonds. The largest absolute Gasteiger partial charge is 0.481 e. The third-order valence-electron chi connectivity index (χ3n) is 3.47. The normalized spacial score (nSPS) is 30.7. The number of rotatable bonds is 12. The quantitative estimate of drug-likeness (QED) is 0.0920. The average Bonchev–Trinajstić information content (AvgIpc) is 2.51. The summed E-state index contributed by atoms with van der Waals surface area (Å²) in [5.41, 5.74) is 0. The molecular weight excluding hydrogens is 642 g/mol. The Hall–Kier alpha value is 0.660. The molecule has 1 rings (SSSR count). The van der Waals surface area contributed by atoms with Crippen molar-refractivity contribution in [3.63, 3.8) is 0 Å². The maximum absolute atomic E-state index is 12.0. The Balaban J connectivity index is 3.85. The molecule has 0 bridgehead atoms. The second-order valence-corrected chi connectivity index (χ2v) is 13.9.